The van der Waals surface area contributed by atoms with E-state index in [1.807, 2.05) is 6.92 Å². The molecule has 1 saturated carbocycles. The van der Waals surface area contributed by atoms with Crippen LogP contribution in [-0.2, 0) is 4.79 Å². The molecule has 1 aromatic rings. The number of benzene rings is 1. The predicted octanol–water partition coefficient (Wildman–Crippen LogP) is 3.10. The van der Waals surface area contributed by atoms with Crippen molar-refractivity contribution in [1.82, 2.24) is 5.32 Å². The number of nitrogens with one attached hydrogen (secondary N) is 1. The minimum atomic E-state index is -1.06. The SMILES string of the molecule is CCOc1cc(C(=O)NCC2CCC(C)CC2)ccc1OCC(=O)O. The van der Waals surface area contributed by atoms with Crippen molar-refractivity contribution in [2.45, 2.75) is 39.5 Å². The molecular weight excluding hydrogens is 322 g/mol. The summed E-state index contributed by atoms with van der Waals surface area (Å²) in [6, 6.07) is 4.79. The van der Waals surface area contributed by atoms with Crippen LogP contribution >= 0.6 is 0 Å². The smallest absolute Gasteiger partial charge is 0.341 e. The molecule has 0 spiro atoms. The average Bonchev–Trinajstić information content (AvgIpc) is 2.60. The Bertz CT molecular complexity index is 593. The Morgan fingerprint density at radius 2 is 1.88 bits per heavy atom. The molecule has 2 rings (SSSR count). The lowest BCUT2D eigenvalue weighted by atomic mass is 9.83. The van der Waals surface area contributed by atoms with Crippen LogP contribution < -0.4 is 14.8 Å². The highest BCUT2D eigenvalue weighted by molar-refractivity contribution is 5.94. The number of hydrogen-bond acceptors (Lipinski definition) is 4. The summed E-state index contributed by atoms with van der Waals surface area (Å²) in [5.41, 5.74) is 0.482. The number of amides is 1. The third kappa shape index (κ3) is 5.96. The van der Waals surface area contributed by atoms with Gasteiger partial charge in [-0.2, -0.15) is 0 Å². The number of carboxylic acids is 1. The van der Waals surface area contributed by atoms with Crippen molar-refractivity contribution in [2.24, 2.45) is 11.8 Å². The lowest BCUT2D eigenvalue weighted by molar-refractivity contribution is -0.139. The Hall–Kier alpha value is -2.24. The molecule has 0 aliphatic heterocycles. The molecule has 1 aliphatic carbocycles. The van der Waals surface area contributed by atoms with Gasteiger partial charge in [-0.05, 0) is 49.8 Å². The zero-order valence-corrected chi connectivity index (χ0v) is 14.9. The van der Waals surface area contributed by atoms with E-state index >= 15 is 0 Å². The van der Waals surface area contributed by atoms with Crippen LogP contribution in [0.3, 0.4) is 0 Å². The van der Waals surface area contributed by atoms with Gasteiger partial charge in [0.15, 0.2) is 18.1 Å². The van der Waals surface area contributed by atoms with E-state index in [0.29, 0.717) is 36.1 Å². The number of aliphatic carboxylic acids is 1. The summed E-state index contributed by atoms with van der Waals surface area (Å²) in [7, 11) is 0. The highest BCUT2D eigenvalue weighted by Gasteiger charge is 2.19. The van der Waals surface area contributed by atoms with E-state index in [1.165, 1.54) is 12.8 Å². The first-order chi connectivity index (χ1) is 12.0. The van der Waals surface area contributed by atoms with Crippen molar-refractivity contribution in [3.63, 3.8) is 0 Å². The Morgan fingerprint density at radius 1 is 1.16 bits per heavy atom. The second-order valence-electron chi connectivity index (χ2n) is 6.61. The number of carboxylic acid groups (broad SMARTS) is 1. The fourth-order valence-corrected chi connectivity index (χ4v) is 3.05. The molecule has 0 aromatic heterocycles. The second kappa shape index (κ2) is 9.30. The van der Waals surface area contributed by atoms with E-state index in [-0.39, 0.29) is 5.91 Å². The molecule has 6 heteroatoms. The molecule has 0 radical (unpaired) electrons. The Morgan fingerprint density at radius 3 is 2.52 bits per heavy atom. The van der Waals surface area contributed by atoms with Gasteiger partial charge in [-0.3, -0.25) is 4.79 Å². The van der Waals surface area contributed by atoms with Gasteiger partial charge in [0.2, 0.25) is 0 Å². The van der Waals surface area contributed by atoms with Gasteiger partial charge in [0, 0.05) is 12.1 Å². The van der Waals surface area contributed by atoms with E-state index in [9.17, 15) is 9.59 Å². The zero-order chi connectivity index (χ0) is 18.2. The van der Waals surface area contributed by atoms with Crippen molar-refractivity contribution in [3.8, 4) is 11.5 Å². The molecule has 138 valence electrons. The largest absolute Gasteiger partial charge is 0.490 e. The summed E-state index contributed by atoms with van der Waals surface area (Å²) in [5.74, 6) is 0.823. The monoisotopic (exact) mass is 349 g/mol. The standard InChI is InChI=1S/C19H27NO5/c1-3-24-17-10-15(8-9-16(17)25-12-18(21)22)19(23)20-11-14-6-4-13(2)5-7-14/h8-10,13-14H,3-7,11-12H2,1-2H3,(H,20,23)(H,21,22). The topological polar surface area (TPSA) is 84.9 Å². The number of carbonyl (C=O) groups is 2. The quantitative estimate of drug-likeness (QED) is 0.753. The maximum Gasteiger partial charge on any atom is 0.341 e. The summed E-state index contributed by atoms with van der Waals surface area (Å²) in [5, 5.41) is 11.7. The first-order valence-corrected chi connectivity index (χ1v) is 8.89. The van der Waals surface area contributed by atoms with Crippen LogP contribution in [0.2, 0.25) is 0 Å². The lowest BCUT2D eigenvalue weighted by Crippen LogP contribution is -2.31. The fourth-order valence-electron chi connectivity index (χ4n) is 3.05. The maximum atomic E-state index is 12.4. The predicted molar refractivity (Wildman–Crippen MR) is 94.2 cm³/mol. The summed E-state index contributed by atoms with van der Waals surface area (Å²) in [4.78, 5) is 23.0. The number of rotatable bonds is 8. The average molecular weight is 349 g/mol. The van der Waals surface area contributed by atoms with Crippen LogP contribution in [0.25, 0.3) is 0 Å². The summed E-state index contributed by atoms with van der Waals surface area (Å²) >= 11 is 0. The van der Waals surface area contributed by atoms with Gasteiger partial charge in [-0.1, -0.05) is 19.8 Å². The van der Waals surface area contributed by atoms with Crippen LogP contribution in [0.5, 0.6) is 11.5 Å². The normalized spacial score (nSPS) is 19.9. The van der Waals surface area contributed by atoms with E-state index < -0.39 is 12.6 Å². The highest BCUT2D eigenvalue weighted by Crippen LogP contribution is 2.29. The molecule has 0 atom stereocenters. The maximum absolute atomic E-state index is 12.4. The van der Waals surface area contributed by atoms with Gasteiger partial charge in [-0.15, -0.1) is 0 Å². The highest BCUT2D eigenvalue weighted by atomic mass is 16.5. The Labute approximate surface area is 148 Å². The molecule has 25 heavy (non-hydrogen) atoms. The Kier molecular flexibility index (Phi) is 7.10. The summed E-state index contributed by atoms with van der Waals surface area (Å²) in [6.45, 7) is 4.73. The molecular formula is C19H27NO5. The van der Waals surface area contributed by atoms with Crippen LogP contribution in [-0.4, -0.2) is 36.7 Å². The van der Waals surface area contributed by atoms with Gasteiger partial charge < -0.3 is 19.9 Å². The first-order valence-electron chi connectivity index (χ1n) is 8.89. The second-order valence-corrected chi connectivity index (χ2v) is 6.61. The van der Waals surface area contributed by atoms with E-state index in [0.717, 1.165) is 18.8 Å². The molecule has 1 aromatic carbocycles. The van der Waals surface area contributed by atoms with Crippen molar-refractivity contribution >= 4 is 11.9 Å². The van der Waals surface area contributed by atoms with Crippen molar-refractivity contribution in [3.05, 3.63) is 23.8 Å². The minimum Gasteiger partial charge on any atom is -0.490 e. The van der Waals surface area contributed by atoms with E-state index in [2.05, 4.69) is 12.2 Å². The first kappa shape index (κ1) is 19.1. The van der Waals surface area contributed by atoms with Crippen molar-refractivity contribution in [1.29, 1.82) is 0 Å². The minimum absolute atomic E-state index is 0.149. The Balaban J connectivity index is 1.96. The fraction of sp³-hybridized carbons (Fsp3) is 0.579. The third-order valence-electron chi connectivity index (χ3n) is 4.54. The van der Waals surface area contributed by atoms with E-state index in [4.69, 9.17) is 14.6 Å². The van der Waals surface area contributed by atoms with Gasteiger partial charge in [-0.25, -0.2) is 4.79 Å². The van der Waals surface area contributed by atoms with Crippen LogP contribution in [0.4, 0.5) is 0 Å². The summed E-state index contributed by atoms with van der Waals surface area (Å²) < 4.78 is 10.7. The molecule has 0 unspecified atom stereocenters. The van der Waals surface area contributed by atoms with Gasteiger partial charge in [0.1, 0.15) is 0 Å². The molecule has 1 aliphatic rings. The van der Waals surface area contributed by atoms with Crippen LogP contribution in [0.1, 0.15) is 49.9 Å². The number of hydrogen-bond donors (Lipinski definition) is 2. The zero-order valence-electron chi connectivity index (χ0n) is 14.9. The van der Waals surface area contributed by atoms with Crippen LogP contribution in [0.15, 0.2) is 18.2 Å². The molecule has 0 heterocycles. The third-order valence-corrected chi connectivity index (χ3v) is 4.54. The molecule has 6 nitrogen and oxygen atoms in total. The molecule has 0 bridgehead atoms. The van der Waals surface area contributed by atoms with E-state index in [1.54, 1.807) is 18.2 Å². The van der Waals surface area contributed by atoms with Gasteiger partial charge in [0.25, 0.3) is 5.91 Å². The van der Waals surface area contributed by atoms with Crippen molar-refractivity contribution in [2.75, 3.05) is 19.8 Å². The van der Waals surface area contributed by atoms with Crippen LogP contribution in [0, 0.1) is 11.8 Å². The molecule has 1 amide bonds. The molecule has 2 N–H and O–H groups in total. The lowest BCUT2D eigenvalue weighted by Gasteiger charge is -2.26. The van der Waals surface area contributed by atoms with Gasteiger partial charge >= 0.3 is 5.97 Å². The van der Waals surface area contributed by atoms with Gasteiger partial charge in [0.05, 0.1) is 6.61 Å². The molecule has 0 saturated heterocycles. The number of carbonyl (C=O) groups excluding carboxylic acids is 1. The number of ether oxygens (including phenoxy) is 2. The van der Waals surface area contributed by atoms with Crippen molar-refractivity contribution < 1.29 is 24.2 Å². The molecule has 1 fully saturated rings. The summed E-state index contributed by atoms with van der Waals surface area (Å²) in [6.07, 6.45) is 4.77.